The number of para-hydroxylation sites is 1. The zero-order valence-electron chi connectivity index (χ0n) is 20.0. The summed E-state index contributed by atoms with van der Waals surface area (Å²) in [5, 5.41) is 5.43. The average molecular weight is 589 g/mol. The quantitative estimate of drug-likeness (QED) is 0.127. The standard InChI is InChI=1S/C29H19BrClN3O4/c1-37-23-13-8-18(9-14-23)27-33-25-5-3-2-4-24(25)28(35)34(27)32-17-20-16-21(30)10-15-26(20)38-29(36)19-6-11-22(31)12-7-19/h2-17H,1H3. The molecule has 0 bridgehead atoms. The van der Waals surface area contributed by atoms with Crippen LogP contribution in [-0.4, -0.2) is 29.0 Å². The number of rotatable bonds is 6. The number of hydrogen-bond donors (Lipinski definition) is 0. The molecule has 0 aliphatic carbocycles. The maximum Gasteiger partial charge on any atom is 0.343 e. The number of esters is 1. The zero-order chi connectivity index (χ0) is 26.6. The van der Waals surface area contributed by atoms with Gasteiger partial charge in [-0.15, -0.1) is 0 Å². The van der Waals surface area contributed by atoms with Crippen LogP contribution in [0, 0.1) is 0 Å². The molecule has 0 spiro atoms. The van der Waals surface area contributed by atoms with Crippen LogP contribution >= 0.6 is 27.5 Å². The number of carbonyl (C=O) groups is 1. The molecule has 7 nitrogen and oxygen atoms in total. The normalized spacial score (nSPS) is 11.1. The number of ether oxygens (including phenoxy) is 2. The summed E-state index contributed by atoms with van der Waals surface area (Å²) in [6.45, 7) is 0. The van der Waals surface area contributed by atoms with Gasteiger partial charge < -0.3 is 9.47 Å². The maximum absolute atomic E-state index is 13.5. The van der Waals surface area contributed by atoms with Crippen LogP contribution in [0.25, 0.3) is 22.3 Å². The third-order valence-corrected chi connectivity index (χ3v) is 6.41. The summed E-state index contributed by atoms with van der Waals surface area (Å²) in [5.74, 6) is 0.738. The van der Waals surface area contributed by atoms with Crippen molar-refractivity contribution in [2.45, 2.75) is 0 Å². The smallest absolute Gasteiger partial charge is 0.343 e. The lowest BCUT2D eigenvalue weighted by Crippen LogP contribution is -2.20. The second kappa shape index (κ2) is 11.0. The minimum Gasteiger partial charge on any atom is -0.497 e. The van der Waals surface area contributed by atoms with Gasteiger partial charge in [0, 0.05) is 20.6 Å². The van der Waals surface area contributed by atoms with E-state index in [1.807, 2.05) is 6.07 Å². The van der Waals surface area contributed by atoms with E-state index in [1.165, 1.54) is 10.9 Å². The Hall–Kier alpha value is -4.27. The van der Waals surface area contributed by atoms with Crippen molar-refractivity contribution in [2.75, 3.05) is 7.11 Å². The molecule has 0 saturated carbocycles. The molecule has 0 atom stereocenters. The van der Waals surface area contributed by atoms with Crippen molar-refractivity contribution in [3.8, 4) is 22.9 Å². The first kappa shape index (κ1) is 25.4. The molecule has 0 radical (unpaired) electrons. The van der Waals surface area contributed by atoms with Crippen LogP contribution in [0.3, 0.4) is 0 Å². The molecule has 0 amide bonds. The molecule has 0 fully saturated rings. The van der Waals surface area contributed by atoms with Gasteiger partial charge in [-0.3, -0.25) is 4.79 Å². The number of fused-ring (bicyclic) bond motifs is 1. The van der Waals surface area contributed by atoms with E-state index >= 15 is 0 Å². The lowest BCUT2D eigenvalue weighted by molar-refractivity contribution is 0.0734. The Kier molecular flexibility index (Phi) is 7.35. The van der Waals surface area contributed by atoms with E-state index in [2.05, 4.69) is 21.0 Å². The number of methoxy groups -OCH3 is 1. The van der Waals surface area contributed by atoms with Crippen molar-refractivity contribution in [1.82, 2.24) is 9.66 Å². The van der Waals surface area contributed by atoms with Gasteiger partial charge in [0.1, 0.15) is 11.5 Å². The first-order chi connectivity index (χ1) is 18.4. The summed E-state index contributed by atoms with van der Waals surface area (Å²) in [5.41, 5.74) is 1.70. The van der Waals surface area contributed by atoms with Crippen molar-refractivity contribution < 1.29 is 14.3 Å². The van der Waals surface area contributed by atoms with E-state index in [0.717, 1.165) is 4.47 Å². The van der Waals surface area contributed by atoms with Gasteiger partial charge in [0.15, 0.2) is 5.82 Å². The lowest BCUT2D eigenvalue weighted by atomic mass is 10.2. The van der Waals surface area contributed by atoms with Crippen molar-refractivity contribution in [2.24, 2.45) is 5.10 Å². The Morgan fingerprint density at radius 1 is 1.00 bits per heavy atom. The minimum absolute atomic E-state index is 0.268. The molecule has 1 heterocycles. The molecule has 0 unspecified atom stereocenters. The van der Waals surface area contributed by atoms with E-state index in [9.17, 15) is 9.59 Å². The Labute approximate surface area is 231 Å². The maximum atomic E-state index is 13.5. The predicted octanol–water partition coefficient (Wildman–Crippen LogP) is 6.59. The molecule has 38 heavy (non-hydrogen) atoms. The van der Waals surface area contributed by atoms with Gasteiger partial charge in [-0.1, -0.05) is 39.7 Å². The van der Waals surface area contributed by atoms with Crippen LogP contribution in [0.2, 0.25) is 5.02 Å². The Bertz CT molecular complexity index is 1730. The van der Waals surface area contributed by atoms with Crippen LogP contribution in [0.1, 0.15) is 15.9 Å². The molecule has 188 valence electrons. The molecule has 5 aromatic rings. The minimum atomic E-state index is -0.554. The number of aromatic nitrogens is 2. The van der Waals surface area contributed by atoms with Crippen LogP contribution < -0.4 is 15.0 Å². The van der Waals surface area contributed by atoms with Crippen LogP contribution in [0.5, 0.6) is 11.5 Å². The number of carbonyl (C=O) groups excluding carboxylic acids is 1. The van der Waals surface area contributed by atoms with Crippen LogP contribution in [0.4, 0.5) is 0 Å². The fourth-order valence-electron chi connectivity index (χ4n) is 3.74. The highest BCUT2D eigenvalue weighted by Crippen LogP contribution is 2.25. The summed E-state index contributed by atoms with van der Waals surface area (Å²) in [4.78, 5) is 30.9. The van der Waals surface area contributed by atoms with Gasteiger partial charge in [-0.25, -0.2) is 9.78 Å². The van der Waals surface area contributed by atoms with Gasteiger partial charge in [0.25, 0.3) is 5.56 Å². The second-order valence-electron chi connectivity index (χ2n) is 8.12. The summed E-state index contributed by atoms with van der Waals surface area (Å²) in [7, 11) is 1.58. The largest absolute Gasteiger partial charge is 0.497 e. The van der Waals surface area contributed by atoms with Gasteiger partial charge in [-0.05, 0) is 78.9 Å². The van der Waals surface area contributed by atoms with Crippen LogP contribution in [-0.2, 0) is 0 Å². The Morgan fingerprint density at radius 2 is 1.74 bits per heavy atom. The van der Waals surface area contributed by atoms with Gasteiger partial charge >= 0.3 is 5.97 Å². The first-order valence-electron chi connectivity index (χ1n) is 11.4. The Morgan fingerprint density at radius 3 is 2.47 bits per heavy atom. The number of halogens is 2. The average Bonchev–Trinajstić information content (AvgIpc) is 2.94. The molecule has 0 N–H and O–H groups in total. The van der Waals surface area contributed by atoms with Crippen LogP contribution in [0.15, 0.2) is 105 Å². The van der Waals surface area contributed by atoms with Gasteiger partial charge in [-0.2, -0.15) is 9.78 Å². The summed E-state index contributed by atoms with van der Waals surface area (Å²) >= 11 is 9.37. The predicted molar refractivity (Wildman–Crippen MR) is 152 cm³/mol. The van der Waals surface area contributed by atoms with Gasteiger partial charge in [0.05, 0.1) is 29.8 Å². The molecule has 1 aromatic heterocycles. The zero-order valence-corrected chi connectivity index (χ0v) is 22.3. The second-order valence-corrected chi connectivity index (χ2v) is 9.47. The highest BCUT2D eigenvalue weighted by molar-refractivity contribution is 9.10. The molecule has 0 aliphatic rings. The van der Waals surface area contributed by atoms with Crippen molar-refractivity contribution >= 4 is 50.6 Å². The molecule has 0 saturated heterocycles. The fourth-order valence-corrected chi connectivity index (χ4v) is 4.24. The van der Waals surface area contributed by atoms with E-state index in [4.69, 9.17) is 26.1 Å². The number of benzene rings is 4. The first-order valence-corrected chi connectivity index (χ1v) is 12.6. The highest BCUT2D eigenvalue weighted by Gasteiger charge is 2.15. The highest BCUT2D eigenvalue weighted by atomic mass is 79.9. The number of hydrogen-bond acceptors (Lipinski definition) is 6. The van der Waals surface area contributed by atoms with Crippen molar-refractivity contribution in [3.63, 3.8) is 0 Å². The van der Waals surface area contributed by atoms with E-state index < -0.39 is 5.97 Å². The Balaban J connectivity index is 1.58. The van der Waals surface area contributed by atoms with Crippen molar-refractivity contribution in [3.05, 3.63) is 122 Å². The molecular weight excluding hydrogens is 570 g/mol. The monoisotopic (exact) mass is 587 g/mol. The summed E-state index contributed by atoms with van der Waals surface area (Å²) < 4.78 is 12.9. The van der Waals surface area contributed by atoms with E-state index in [1.54, 1.807) is 92.0 Å². The third-order valence-electron chi connectivity index (χ3n) is 5.67. The van der Waals surface area contributed by atoms with E-state index in [-0.39, 0.29) is 11.3 Å². The lowest BCUT2D eigenvalue weighted by Gasteiger charge is -2.11. The fraction of sp³-hybridized carbons (Fsp3) is 0.0345. The number of nitrogens with zero attached hydrogens (tertiary/aromatic N) is 3. The van der Waals surface area contributed by atoms with Gasteiger partial charge in [0.2, 0.25) is 0 Å². The SMILES string of the molecule is COc1ccc(-c2nc3ccccc3c(=O)n2N=Cc2cc(Br)ccc2OC(=O)c2ccc(Cl)cc2)cc1. The molecule has 0 aliphatic heterocycles. The third kappa shape index (κ3) is 5.37. The molecule has 9 heteroatoms. The van der Waals surface area contributed by atoms with Crippen molar-refractivity contribution in [1.29, 1.82) is 0 Å². The summed E-state index contributed by atoms with van der Waals surface area (Å²) in [6, 6.07) is 25.8. The molecule has 5 rings (SSSR count). The summed E-state index contributed by atoms with van der Waals surface area (Å²) in [6.07, 6.45) is 1.46. The molecular formula is C29H19BrClN3O4. The molecule has 4 aromatic carbocycles. The van der Waals surface area contributed by atoms with E-state index in [0.29, 0.717) is 44.2 Å². The topological polar surface area (TPSA) is 82.8 Å².